The fraction of sp³-hybridized carbons (Fsp3) is 0.917. The number of ether oxygens (including phenoxy) is 3. The molecular weight excluding hydrogens is 558 g/mol. The molecule has 44 heavy (non-hydrogen) atoms. The molecule has 1 N–H and O–H groups in total. The topological polar surface area (TPSA) is 99.1 Å². The Morgan fingerprint density at radius 3 is 1.41 bits per heavy atom. The number of aliphatic carboxylic acids is 1. The highest BCUT2D eigenvalue weighted by molar-refractivity contribution is 5.72. The zero-order valence-corrected chi connectivity index (χ0v) is 29.4. The van der Waals surface area contributed by atoms with Gasteiger partial charge >= 0.3 is 17.9 Å². The molecule has 2 atom stereocenters. The van der Waals surface area contributed by atoms with Crippen molar-refractivity contribution >= 4 is 17.9 Å². The number of quaternary nitrogens is 1. The van der Waals surface area contributed by atoms with Crippen LogP contribution in [0.3, 0.4) is 0 Å². The molecule has 0 aromatic rings. The fourth-order valence-electron chi connectivity index (χ4n) is 5.38. The van der Waals surface area contributed by atoms with Crippen molar-refractivity contribution in [2.45, 2.75) is 174 Å². The minimum atomic E-state index is -0.874. The van der Waals surface area contributed by atoms with Crippen LogP contribution < -0.4 is 0 Å². The first-order chi connectivity index (χ1) is 21.1. The van der Waals surface area contributed by atoms with Crippen molar-refractivity contribution in [3.8, 4) is 0 Å². The van der Waals surface area contributed by atoms with E-state index in [1.165, 1.54) is 89.9 Å². The van der Waals surface area contributed by atoms with Crippen LogP contribution in [0.5, 0.6) is 0 Å². The van der Waals surface area contributed by atoms with Crippen LogP contribution in [0.2, 0.25) is 0 Å². The number of unbranched alkanes of at least 4 members (excludes halogenated alkanes) is 18. The van der Waals surface area contributed by atoms with Crippen molar-refractivity contribution in [2.75, 3.05) is 41.0 Å². The maximum Gasteiger partial charge on any atom is 0.362 e. The number of rotatable bonds is 32. The SMILES string of the molecule is CCCCCCCCCCCCCCCCC(=O)OC(COCCC(C(=O)O)[N+](C)(C)C)COC(=O)CCCCCCCC. The van der Waals surface area contributed by atoms with E-state index >= 15 is 0 Å². The molecule has 0 aliphatic rings. The van der Waals surface area contributed by atoms with Crippen LogP contribution in [-0.2, 0) is 28.6 Å². The molecule has 0 radical (unpaired) electrons. The van der Waals surface area contributed by atoms with E-state index in [9.17, 15) is 19.5 Å². The Hall–Kier alpha value is -1.67. The molecule has 0 aromatic heterocycles. The predicted molar refractivity (Wildman–Crippen MR) is 179 cm³/mol. The Labute approximate surface area is 270 Å². The van der Waals surface area contributed by atoms with Crippen molar-refractivity contribution in [1.29, 1.82) is 0 Å². The zero-order valence-electron chi connectivity index (χ0n) is 29.4. The minimum absolute atomic E-state index is 0.0448. The summed E-state index contributed by atoms with van der Waals surface area (Å²) in [6.45, 7) is 4.67. The van der Waals surface area contributed by atoms with Gasteiger partial charge in [0.1, 0.15) is 6.61 Å². The largest absolute Gasteiger partial charge is 0.477 e. The van der Waals surface area contributed by atoms with Crippen molar-refractivity contribution < 1.29 is 38.2 Å². The summed E-state index contributed by atoms with van der Waals surface area (Å²) in [7, 11) is 5.51. The molecule has 0 saturated carbocycles. The second-order valence-electron chi connectivity index (χ2n) is 13.5. The number of carbonyl (C=O) groups is 3. The lowest BCUT2D eigenvalue weighted by molar-refractivity contribution is -0.887. The van der Waals surface area contributed by atoms with Gasteiger partial charge in [0, 0.05) is 19.3 Å². The Balaban J connectivity index is 4.35. The van der Waals surface area contributed by atoms with Gasteiger partial charge in [-0.3, -0.25) is 9.59 Å². The van der Waals surface area contributed by atoms with Crippen LogP contribution in [0.15, 0.2) is 0 Å². The van der Waals surface area contributed by atoms with E-state index in [2.05, 4.69) is 13.8 Å². The van der Waals surface area contributed by atoms with E-state index in [0.717, 1.165) is 38.5 Å². The van der Waals surface area contributed by atoms with Crippen molar-refractivity contribution in [3.05, 3.63) is 0 Å². The van der Waals surface area contributed by atoms with Crippen molar-refractivity contribution in [1.82, 2.24) is 0 Å². The molecule has 0 heterocycles. The molecule has 0 aliphatic heterocycles. The monoisotopic (exact) mass is 629 g/mol. The Kier molecular flexibility index (Phi) is 27.7. The van der Waals surface area contributed by atoms with Crippen LogP contribution in [0, 0.1) is 0 Å². The van der Waals surface area contributed by atoms with Crippen LogP contribution in [0.25, 0.3) is 0 Å². The molecule has 0 amide bonds. The summed E-state index contributed by atoms with van der Waals surface area (Å²) < 4.78 is 17.1. The molecule has 0 bridgehead atoms. The molecule has 0 spiro atoms. The molecule has 0 aliphatic carbocycles. The minimum Gasteiger partial charge on any atom is -0.477 e. The first-order valence-electron chi connectivity index (χ1n) is 18.1. The van der Waals surface area contributed by atoms with Crippen LogP contribution >= 0.6 is 0 Å². The second-order valence-corrected chi connectivity index (χ2v) is 13.5. The highest BCUT2D eigenvalue weighted by Gasteiger charge is 2.31. The normalized spacial score (nSPS) is 13.0. The van der Waals surface area contributed by atoms with Crippen molar-refractivity contribution in [2.24, 2.45) is 0 Å². The average Bonchev–Trinajstić information content (AvgIpc) is 2.96. The van der Waals surface area contributed by atoms with E-state index in [-0.39, 0.29) is 36.2 Å². The summed E-state index contributed by atoms with van der Waals surface area (Å²) in [5.41, 5.74) is 0. The standard InChI is InChI=1S/C36H69NO7/c1-6-8-10-12-14-15-16-17-18-19-20-21-23-25-27-35(39)44-32(30-42-29-28-33(36(40)41)37(3,4)5)31-43-34(38)26-24-22-13-11-9-7-2/h32-33H,6-31H2,1-5H3/p+1. The molecule has 2 unspecified atom stereocenters. The van der Waals surface area contributed by atoms with Gasteiger partial charge in [-0.2, -0.15) is 0 Å². The zero-order chi connectivity index (χ0) is 32.9. The smallest absolute Gasteiger partial charge is 0.362 e. The van der Waals surface area contributed by atoms with E-state index in [1.807, 2.05) is 21.1 Å². The predicted octanol–water partition coefficient (Wildman–Crippen LogP) is 8.63. The van der Waals surface area contributed by atoms with Gasteiger partial charge in [-0.1, -0.05) is 129 Å². The maximum absolute atomic E-state index is 12.6. The second kappa shape index (κ2) is 28.8. The van der Waals surface area contributed by atoms with E-state index in [4.69, 9.17) is 14.2 Å². The lowest BCUT2D eigenvalue weighted by Gasteiger charge is -2.31. The number of hydrogen-bond acceptors (Lipinski definition) is 6. The number of esters is 2. The fourth-order valence-corrected chi connectivity index (χ4v) is 5.38. The molecule has 0 saturated heterocycles. The number of likely N-dealkylation sites (N-methyl/N-ethyl adjacent to an activating group) is 1. The van der Waals surface area contributed by atoms with Gasteiger partial charge in [0.15, 0.2) is 12.1 Å². The maximum atomic E-state index is 12.6. The van der Waals surface area contributed by atoms with Crippen molar-refractivity contribution in [3.63, 3.8) is 0 Å². The van der Waals surface area contributed by atoms with Crippen LogP contribution in [0.1, 0.15) is 162 Å². The molecule has 0 aromatic carbocycles. The van der Waals surface area contributed by atoms with E-state index in [1.54, 1.807) is 0 Å². The van der Waals surface area contributed by atoms with Gasteiger partial charge in [-0.25, -0.2) is 4.79 Å². The first-order valence-corrected chi connectivity index (χ1v) is 18.1. The number of hydrogen-bond donors (Lipinski definition) is 1. The van der Waals surface area contributed by atoms with Gasteiger partial charge in [0.25, 0.3) is 0 Å². The van der Waals surface area contributed by atoms with Gasteiger partial charge in [-0.15, -0.1) is 0 Å². The van der Waals surface area contributed by atoms with Gasteiger partial charge < -0.3 is 23.8 Å². The summed E-state index contributed by atoms with van der Waals surface area (Å²) in [5.74, 6) is -1.47. The van der Waals surface area contributed by atoms with Crippen LogP contribution in [0.4, 0.5) is 0 Å². The molecule has 0 fully saturated rings. The summed E-state index contributed by atoms with van der Waals surface area (Å²) >= 11 is 0. The van der Waals surface area contributed by atoms with Gasteiger partial charge in [0.2, 0.25) is 0 Å². The summed E-state index contributed by atoms with van der Waals surface area (Å²) in [6, 6.07) is -0.605. The number of carboxylic acid groups (broad SMARTS) is 1. The third-order valence-electron chi connectivity index (χ3n) is 8.26. The molecule has 0 rings (SSSR count). The molecule has 8 heteroatoms. The van der Waals surface area contributed by atoms with E-state index < -0.39 is 18.1 Å². The molecular formula is C36H70NO7+. The highest BCUT2D eigenvalue weighted by Crippen LogP contribution is 2.14. The Bertz CT molecular complexity index is 707. The average molecular weight is 629 g/mol. The molecule has 8 nitrogen and oxygen atoms in total. The Morgan fingerprint density at radius 1 is 0.591 bits per heavy atom. The highest BCUT2D eigenvalue weighted by atomic mass is 16.6. The number of nitrogens with zero attached hydrogens (tertiary/aromatic N) is 1. The first kappa shape index (κ1) is 42.3. The summed E-state index contributed by atoms with van der Waals surface area (Å²) in [6.07, 6.45) is 24.4. The van der Waals surface area contributed by atoms with Gasteiger partial charge in [-0.05, 0) is 12.8 Å². The van der Waals surface area contributed by atoms with Crippen LogP contribution in [-0.4, -0.2) is 80.6 Å². The Morgan fingerprint density at radius 2 is 1.00 bits per heavy atom. The summed E-state index contributed by atoms with van der Waals surface area (Å²) in [5, 5.41) is 9.54. The lowest BCUT2D eigenvalue weighted by atomic mass is 10.0. The third-order valence-corrected chi connectivity index (χ3v) is 8.26. The summed E-state index contributed by atoms with van der Waals surface area (Å²) in [4.78, 5) is 36.5. The quantitative estimate of drug-likeness (QED) is 0.0452. The van der Waals surface area contributed by atoms with E-state index in [0.29, 0.717) is 19.3 Å². The van der Waals surface area contributed by atoms with Gasteiger partial charge in [0.05, 0.1) is 34.4 Å². The third kappa shape index (κ3) is 26.7. The lowest BCUT2D eigenvalue weighted by Crippen LogP contribution is -2.50. The number of carboxylic acids is 1. The molecule has 260 valence electrons. The number of carbonyl (C=O) groups excluding carboxylic acids is 2.